The molecule has 0 spiro atoms. The van der Waals surface area contributed by atoms with Crippen molar-refractivity contribution in [1.29, 1.82) is 0 Å². The van der Waals surface area contributed by atoms with Crippen LogP contribution in [0.4, 0.5) is 0 Å². The summed E-state index contributed by atoms with van der Waals surface area (Å²) in [6.07, 6.45) is 9.58. The van der Waals surface area contributed by atoms with Crippen LogP contribution in [-0.2, 0) is 9.47 Å². The molecule has 0 saturated heterocycles. The molecule has 0 bridgehead atoms. The predicted octanol–water partition coefficient (Wildman–Crippen LogP) is 4.74. The van der Waals surface area contributed by atoms with Crippen LogP contribution in [0.15, 0.2) is 0 Å². The van der Waals surface area contributed by atoms with Crippen molar-refractivity contribution in [2.45, 2.75) is 71.0 Å². The van der Waals surface area contributed by atoms with Crippen LogP contribution >= 0.6 is 25.3 Å². The molecular weight excluding hydrogens is 276 g/mol. The van der Waals surface area contributed by atoms with E-state index in [-0.39, 0.29) is 0 Å². The Morgan fingerprint density at radius 3 is 1.37 bits per heavy atom. The molecule has 0 saturated carbocycles. The van der Waals surface area contributed by atoms with Gasteiger partial charge in [-0.15, -0.1) is 0 Å². The van der Waals surface area contributed by atoms with Gasteiger partial charge in [-0.3, -0.25) is 0 Å². The summed E-state index contributed by atoms with van der Waals surface area (Å²) in [6, 6.07) is 0. The molecule has 0 N–H and O–H groups in total. The van der Waals surface area contributed by atoms with Gasteiger partial charge in [0.25, 0.3) is 0 Å². The third-order valence-electron chi connectivity index (χ3n) is 3.00. The van der Waals surface area contributed by atoms with Crippen LogP contribution < -0.4 is 0 Å². The van der Waals surface area contributed by atoms with Crippen LogP contribution in [0.25, 0.3) is 0 Å². The van der Waals surface area contributed by atoms with Crippen LogP contribution in [-0.4, -0.2) is 30.5 Å². The Labute approximate surface area is 130 Å². The first-order valence-electron chi connectivity index (χ1n) is 7.62. The second-order valence-electron chi connectivity index (χ2n) is 5.37. The van der Waals surface area contributed by atoms with E-state index in [1.807, 2.05) is 13.8 Å². The summed E-state index contributed by atoms with van der Waals surface area (Å²) < 4.78 is 11.6. The van der Waals surface area contributed by atoms with Gasteiger partial charge >= 0.3 is 0 Å². The van der Waals surface area contributed by atoms with E-state index in [0.717, 1.165) is 37.6 Å². The van der Waals surface area contributed by atoms with Crippen molar-refractivity contribution in [1.82, 2.24) is 0 Å². The third-order valence-corrected chi connectivity index (χ3v) is 3.64. The first kappa shape index (κ1) is 19.6. The van der Waals surface area contributed by atoms with Gasteiger partial charge in [0.05, 0.1) is 0 Å². The first-order chi connectivity index (χ1) is 9.12. The summed E-state index contributed by atoms with van der Waals surface area (Å²) in [4.78, 5) is 0. The van der Waals surface area contributed by atoms with E-state index >= 15 is 0 Å². The second-order valence-corrected chi connectivity index (χ2v) is 6.27. The van der Waals surface area contributed by atoms with E-state index in [9.17, 15) is 0 Å². The molecule has 0 heterocycles. The van der Waals surface area contributed by atoms with Crippen LogP contribution in [0, 0.1) is 0 Å². The number of thiol groups is 2. The van der Waals surface area contributed by atoms with Gasteiger partial charge in [0, 0.05) is 13.2 Å². The van der Waals surface area contributed by atoms with Gasteiger partial charge in [-0.1, -0.05) is 25.7 Å². The quantitative estimate of drug-likeness (QED) is 0.274. The number of hydrogen-bond donors (Lipinski definition) is 2. The summed E-state index contributed by atoms with van der Waals surface area (Å²) in [5, 5.41) is 0. The second kappa shape index (κ2) is 13.6. The normalized spacial score (nSPS) is 12.0. The highest BCUT2D eigenvalue weighted by Gasteiger charge is 2.17. The Hall–Kier alpha value is 0.620. The maximum Gasteiger partial charge on any atom is 0.162 e. The molecule has 2 nitrogen and oxygen atoms in total. The Morgan fingerprint density at radius 1 is 0.632 bits per heavy atom. The van der Waals surface area contributed by atoms with Crippen molar-refractivity contribution < 1.29 is 9.47 Å². The van der Waals surface area contributed by atoms with Crippen molar-refractivity contribution in [3.8, 4) is 0 Å². The largest absolute Gasteiger partial charge is 0.351 e. The Bertz CT molecular complexity index is 169. The van der Waals surface area contributed by atoms with Crippen molar-refractivity contribution in [2.24, 2.45) is 0 Å². The molecule has 0 atom stereocenters. The minimum Gasteiger partial charge on any atom is -0.351 e. The average Bonchev–Trinajstić information content (AvgIpc) is 2.38. The zero-order valence-corrected chi connectivity index (χ0v) is 14.5. The Kier molecular flexibility index (Phi) is 14.0. The smallest absolute Gasteiger partial charge is 0.162 e. The SMILES string of the molecule is CC(C)(OCCCCCCS)OCCCCCCS. The maximum absolute atomic E-state index is 5.78. The van der Waals surface area contributed by atoms with Crippen LogP contribution in [0.5, 0.6) is 0 Å². The molecule has 0 radical (unpaired) electrons. The summed E-state index contributed by atoms with van der Waals surface area (Å²) in [6.45, 7) is 5.60. The van der Waals surface area contributed by atoms with Gasteiger partial charge in [0.1, 0.15) is 0 Å². The highest BCUT2D eigenvalue weighted by Crippen LogP contribution is 2.14. The molecule has 4 heteroatoms. The Balaban J connectivity index is 3.36. The third kappa shape index (κ3) is 14.8. The molecule has 116 valence electrons. The fourth-order valence-corrected chi connectivity index (χ4v) is 2.26. The molecule has 0 rings (SSSR count). The van der Waals surface area contributed by atoms with Gasteiger partial charge in [0.15, 0.2) is 5.79 Å². The molecule has 0 fully saturated rings. The molecule has 0 aliphatic carbocycles. The molecule has 0 aliphatic heterocycles. The number of unbranched alkanes of at least 4 members (excludes halogenated alkanes) is 6. The van der Waals surface area contributed by atoms with E-state index in [1.54, 1.807) is 0 Å². The molecule has 0 amide bonds. The lowest BCUT2D eigenvalue weighted by molar-refractivity contribution is -0.214. The highest BCUT2D eigenvalue weighted by molar-refractivity contribution is 7.80. The summed E-state index contributed by atoms with van der Waals surface area (Å²) in [7, 11) is 0. The number of hydrogen-bond acceptors (Lipinski definition) is 4. The lowest BCUT2D eigenvalue weighted by atomic mass is 10.2. The standard InChI is InChI=1S/C15H32O2S2/c1-15(2,16-11-7-3-5-9-13-18)17-12-8-4-6-10-14-19/h18-19H,3-14H2,1-2H3. The van der Waals surface area contributed by atoms with Gasteiger partial charge in [-0.25, -0.2) is 0 Å². The van der Waals surface area contributed by atoms with Crippen LogP contribution in [0.3, 0.4) is 0 Å². The lowest BCUT2D eigenvalue weighted by Crippen LogP contribution is -2.29. The van der Waals surface area contributed by atoms with E-state index in [2.05, 4.69) is 25.3 Å². The fourth-order valence-electron chi connectivity index (χ4n) is 1.81. The lowest BCUT2D eigenvalue weighted by Gasteiger charge is -2.25. The summed E-state index contributed by atoms with van der Waals surface area (Å²) in [5.41, 5.74) is 0. The topological polar surface area (TPSA) is 18.5 Å². The molecule has 0 aliphatic rings. The van der Waals surface area contributed by atoms with Crippen molar-refractivity contribution in [2.75, 3.05) is 24.7 Å². The zero-order valence-electron chi connectivity index (χ0n) is 12.7. The van der Waals surface area contributed by atoms with Gasteiger partial charge in [-0.2, -0.15) is 25.3 Å². The highest BCUT2D eigenvalue weighted by atomic mass is 32.1. The molecule has 0 aromatic rings. The minimum absolute atomic E-state index is 0.437. The van der Waals surface area contributed by atoms with Gasteiger partial charge < -0.3 is 9.47 Å². The summed E-state index contributed by atoms with van der Waals surface area (Å²) >= 11 is 8.41. The van der Waals surface area contributed by atoms with Crippen LogP contribution in [0.1, 0.15) is 65.2 Å². The van der Waals surface area contributed by atoms with E-state index in [0.29, 0.717) is 0 Å². The fraction of sp³-hybridized carbons (Fsp3) is 1.00. The number of ether oxygens (including phenoxy) is 2. The Morgan fingerprint density at radius 2 is 1.00 bits per heavy atom. The van der Waals surface area contributed by atoms with Crippen LogP contribution in [0.2, 0.25) is 0 Å². The van der Waals surface area contributed by atoms with E-state index < -0.39 is 5.79 Å². The molecule has 0 aromatic heterocycles. The van der Waals surface area contributed by atoms with Gasteiger partial charge in [-0.05, 0) is 51.0 Å². The first-order valence-corrected chi connectivity index (χ1v) is 8.88. The molecule has 19 heavy (non-hydrogen) atoms. The van der Waals surface area contributed by atoms with Crippen molar-refractivity contribution in [3.63, 3.8) is 0 Å². The molecule has 0 unspecified atom stereocenters. The summed E-state index contributed by atoms with van der Waals surface area (Å²) in [5.74, 6) is 1.54. The van der Waals surface area contributed by atoms with E-state index in [4.69, 9.17) is 9.47 Å². The number of rotatable bonds is 14. The molecule has 0 aromatic carbocycles. The average molecular weight is 309 g/mol. The maximum atomic E-state index is 5.78. The van der Waals surface area contributed by atoms with Gasteiger partial charge in [0.2, 0.25) is 0 Å². The van der Waals surface area contributed by atoms with E-state index in [1.165, 1.54) is 38.5 Å². The zero-order chi connectivity index (χ0) is 14.4. The minimum atomic E-state index is -0.437. The predicted molar refractivity (Wildman–Crippen MR) is 90.6 cm³/mol. The molecular formula is C15H32O2S2. The van der Waals surface area contributed by atoms with Crippen molar-refractivity contribution >= 4 is 25.3 Å². The monoisotopic (exact) mass is 308 g/mol. The van der Waals surface area contributed by atoms with Crippen molar-refractivity contribution in [3.05, 3.63) is 0 Å².